The van der Waals surface area contributed by atoms with Gasteiger partial charge in [0.2, 0.25) is 0 Å². The summed E-state index contributed by atoms with van der Waals surface area (Å²) in [5.41, 5.74) is 0. The van der Waals surface area contributed by atoms with E-state index in [2.05, 4.69) is 34.6 Å². The zero-order valence-electron chi connectivity index (χ0n) is 73.8. The van der Waals surface area contributed by atoms with Crippen LogP contribution in [0.15, 0.2) is 0 Å². The third-order valence-corrected chi connectivity index (χ3v) is 24.3. The molecule has 0 saturated carbocycles. The summed E-state index contributed by atoms with van der Waals surface area (Å²) in [7, 11) is -9.94. The van der Waals surface area contributed by atoms with Crippen molar-refractivity contribution in [2.45, 2.75) is 528 Å². The van der Waals surface area contributed by atoms with Crippen molar-refractivity contribution in [2.75, 3.05) is 39.6 Å². The SMILES string of the molecule is CCCCCCCCCCCCCCCCCCCCCCC(=O)OC[C@H](COP(=O)(O)OC[C@@H](O)COP(=O)(O)OC[C@@H](COC(=O)CCCCCCCCCCC(C)CC)OC(=O)CCCCCCCCCCCCCCCCCCCCCC)OC(=O)CCCCCCCCCCCCCCCCCCCCCC. The molecule has 112 heavy (non-hydrogen) atoms. The maximum atomic E-state index is 13.2. The molecule has 0 radical (unpaired) electrons. The van der Waals surface area contributed by atoms with Crippen LogP contribution >= 0.6 is 15.6 Å². The molecule has 0 aliphatic rings. The van der Waals surface area contributed by atoms with E-state index in [9.17, 15) is 43.2 Å². The van der Waals surface area contributed by atoms with Gasteiger partial charge in [-0.15, -0.1) is 0 Å². The minimum absolute atomic E-state index is 0.109. The number of carbonyl (C=O) groups is 4. The summed E-state index contributed by atoms with van der Waals surface area (Å²) >= 11 is 0. The van der Waals surface area contributed by atoms with Crippen LogP contribution in [-0.2, 0) is 65.4 Å². The summed E-state index contributed by atoms with van der Waals surface area (Å²) in [5.74, 6) is -1.31. The molecule has 0 rings (SSSR count). The van der Waals surface area contributed by atoms with Crippen molar-refractivity contribution in [3.05, 3.63) is 0 Å². The second kappa shape index (κ2) is 85.5. The van der Waals surface area contributed by atoms with Gasteiger partial charge in [-0.05, 0) is 31.6 Å². The van der Waals surface area contributed by atoms with Gasteiger partial charge in [0.05, 0.1) is 26.4 Å². The number of unbranched alkanes of at least 4 members (excludes halogenated alkanes) is 64. The van der Waals surface area contributed by atoms with Crippen molar-refractivity contribution >= 4 is 39.5 Å². The summed E-state index contributed by atoms with van der Waals surface area (Å²) < 4.78 is 69.2. The number of hydrogen-bond acceptors (Lipinski definition) is 15. The summed E-state index contributed by atoms with van der Waals surface area (Å²) in [6.45, 7) is 7.41. The van der Waals surface area contributed by atoms with Crippen LogP contribution in [0.4, 0.5) is 0 Å². The summed E-state index contributed by atoms with van der Waals surface area (Å²) in [6, 6.07) is 0. The van der Waals surface area contributed by atoms with Gasteiger partial charge in [0, 0.05) is 25.7 Å². The van der Waals surface area contributed by atoms with Crippen molar-refractivity contribution in [1.82, 2.24) is 0 Å². The minimum Gasteiger partial charge on any atom is -0.462 e. The lowest BCUT2D eigenvalue weighted by Gasteiger charge is -2.21. The first-order chi connectivity index (χ1) is 54.6. The quantitative estimate of drug-likeness (QED) is 0.0222. The van der Waals surface area contributed by atoms with Crippen LogP contribution in [0.25, 0.3) is 0 Å². The van der Waals surface area contributed by atoms with Gasteiger partial charge >= 0.3 is 39.5 Å². The van der Waals surface area contributed by atoms with Gasteiger partial charge in [0.25, 0.3) is 0 Å². The molecule has 666 valence electrons. The predicted octanol–water partition coefficient (Wildman–Crippen LogP) is 29.1. The van der Waals surface area contributed by atoms with Crippen molar-refractivity contribution in [3.63, 3.8) is 0 Å². The van der Waals surface area contributed by atoms with Crippen LogP contribution in [0.1, 0.15) is 510 Å². The first-order valence-corrected chi connectivity index (χ1v) is 51.2. The number of phosphoric ester groups is 2. The largest absolute Gasteiger partial charge is 0.472 e. The molecule has 6 atom stereocenters. The number of rotatable bonds is 93. The molecule has 0 heterocycles. The second-order valence-electron chi connectivity index (χ2n) is 33.6. The average molecular weight is 1630 g/mol. The normalized spacial score (nSPS) is 13.9. The molecule has 0 aliphatic carbocycles. The molecular weight excluding hydrogens is 1450 g/mol. The van der Waals surface area contributed by atoms with Crippen LogP contribution in [0.5, 0.6) is 0 Å². The lowest BCUT2D eigenvalue weighted by atomic mass is 9.99. The average Bonchev–Trinajstić information content (AvgIpc) is 0.883. The van der Waals surface area contributed by atoms with Crippen LogP contribution < -0.4 is 0 Å². The Kier molecular flexibility index (Phi) is 84.0. The van der Waals surface area contributed by atoms with Gasteiger partial charge in [0.15, 0.2) is 12.2 Å². The van der Waals surface area contributed by atoms with Crippen molar-refractivity contribution in [2.24, 2.45) is 5.92 Å². The van der Waals surface area contributed by atoms with Crippen LogP contribution in [-0.4, -0.2) is 96.7 Å². The Labute approximate surface area is 689 Å². The predicted molar refractivity (Wildman–Crippen MR) is 465 cm³/mol. The summed E-state index contributed by atoms with van der Waals surface area (Å²) in [4.78, 5) is 73.5. The van der Waals surface area contributed by atoms with Crippen LogP contribution in [0.3, 0.4) is 0 Å². The minimum atomic E-state index is -4.97. The Bertz CT molecular complexity index is 2120. The second-order valence-corrected chi connectivity index (χ2v) is 36.6. The molecule has 0 amide bonds. The third-order valence-electron chi connectivity index (χ3n) is 22.4. The molecule has 17 nitrogen and oxygen atoms in total. The first kappa shape index (κ1) is 110. The lowest BCUT2D eigenvalue weighted by molar-refractivity contribution is -0.161. The Morgan fingerprint density at radius 1 is 0.250 bits per heavy atom. The molecule has 0 aromatic carbocycles. The molecular formula is C93H182O17P2. The van der Waals surface area contributed by atoms with Gasteiger partial charge in [0.1, 0.15) is 19.3 Å². The first-order valence-electron chi connectivity index (χ1n) is 48.2. The number of aliphatic hydroxyl groups excluding tert-OH is 1. The van der Waals surface area contributed by atoms with E-state index in [4.69, 9.17) is 37.0 Å². The molecule has 0 bridgehead atoms. The monoisotopic (exact) mass is 1630 g/mol. The molecule has 0 saturated heterocycles. The molecule has 19 heteroatoms. The molecule has 3 unspecified atom stereocenters. The Morgan fingerprint density at radius 2 is 0.429 bits per heavy atom. The molecule has 0 aromatic heterocycles. The number of esters is 4. The van der Waals surface area contributed by atoms with E-state index >= 15 is 0 Å². The maximum absolute atomic E-state index is 13.2. The van der Waals surface area contributed by atoms with E-state index < -0.39 is 97.5 Å². The number of hydrogen-bond donors (Lipinski definition) is 3. The number of aliphatic hydroxyl groups is 1. The van der Waals surface area contributed by atoms with E-state index in [0.29, 0.717) is 25.7 Å². The Balaban J connectivity index is 5.24. The standard InChI is InChI=1S/C93H182O17P2/c1-6-10-13-16-19-22-25-28-31-34-37-40-43-46-49-52-55-61-66-71-76-90(95)103-82-88(109-92(97)78-73-68-63-56-53-50-47-44-41-38-35-32-29-26-23-20-17-14-11-7-2)84-107-111(99,100)105-80-87(94)81-106-112(101,102)108-85-89(83-104-91(96)77-72-67-62-59-58-60-65-70-75-86(5)9-4)110-93(98)79-74-69-64-57-54-51-48-45-42-39-36-33-30-27-24-21-18-15-12-8-3/h86-89,94H,6-85H2,1-5H3,(H,99,100)(H,101,102)/t86?,87-,88-,89-/m1/s1. The molecule has 3 N–H and O–H groups in total. The third kappa shape index (κ3) is 84.5. The van der Waals surface area contributed by atoms with Gasteiger partial charge in [-0.3, -0.25) is 37.3 Å². The van der Waals surface area contributed by atoms with E-state index in [-0.39, 0.29) is 25.7 Å². The zero-order chi connectivity index (χ0) is 81.8. The van der Waals surface area contributed by atoms with E-state index in [1.54, 1.807) is 0 Å². The van der Waals surface area contributed by atoms with E-state index in [0.717, 1.165) is 95.8 Å². The Hall–Kier alpha value is -1.94. The van der Waals surface area contributed by atoms with E-state index in [1.807, 2.05) is 0 Å². The molecule has 0 aromatic rings. The topological polar surface area (TPSA) is 237 Å². The lowest BCUT2D eigenvalue weighted by Crippen LogP contribution is -2.30. The smallest absolute Gasteiger partial charge is 0.462 e. The zero-order valence-corrected chi connectivity index (χ0v) is 75.6. The Morgan fingerprint density at radius 3 is 0.634 bits per heavy atom. The summed E-state index contributed by atoms with van der Waals surface area (Å²) in [6.07, 6.45) is 82.1. The van der Waals surface area contributed by atoms with Crippen molar-refractivity contribution < 1.29 is 80.2 Å². The van der Waals surface area contributed by atoms with Crippen LogP contribution in [0.2, 0.25) is 0 Å². The van der Waals surface area contributed by atoms with Gasteiger partial charge in [-0.2, -0.15) is 0 Å². The highest BCUT2D eigenvalue weighted by Crippen LogP contribution is 2.45. The number of ether oxygens (including phenoxy) is 4. The van der Waals surface area contributed by atoms with Gasteiger partial charge in [-0.1, -0.05) is 458 Å². The van der Waals surface area contributed by atoms with Gasteiger partial charge in [-0.25, -0.2) is 9.13 Å². The summed E-state index contributed by atoms with van der Waals surface area (Å²) in [5, 5.41) is 10.7. The highest BCUT2D eigenvalue weighted by Gasteiger charge is 2.31. The highest BCUT2D eigenvalue weighted by molar-refractivity contribution is 7.47. The highest BCUT2D eigenvalue weighted by atomic mass is 31.2. The van der Waals surface area contributed by atoms with Crippen molar-refractivity contribution in [1.29, 1.82) is 0 Å². The molecule has 0 spiro atoms. The maximum Gasteiger partial charge on any atom is 0.472 e. The molecule has 0 fully saturated rings. The van der Waals surface area contributed by atoms with Gasteiger partial charge < -0.3 is 33.8 Å². The number of carbonyl (C=O) groups excluding carboxylic acids is 4. The fraction of sp³-hybridized carbons (Fsp3) is 0.957. The number of phosphoric acid groups is 2. The molecule has 0 aliphatic heterocycles. The van der Waals surface area contributed by atoms with Crippen LogP contribution in [0, 0.1) is 5.92 Å². The fourth-order valence-electron chi connectivity index (χ4n) is 14.7. The van der Waals surface area contributed by atoms with Crippen molar-refractivity contribution in [3.8, 4) is 0 Å². The fourth-order valence-corrected chi connectivity index (χ4v) is 16.3. The van der Waals surface area contributed by atoms with E-state index in [1.165, 1.54) is 334 Å².